The Hall–Kier alpha value is -1.76. The van der Waals surface area contributed by atoms with Crippen LogP contribution in [-0.2, 0) is 21.5 Å². The van der Waals surface area contributed by atoms with Gasteiger partial charge in [-0.2, -0.15) is 8.42 Å². The lowest BCUT2D eigenvalue weighted by molar-refractivity contribution is -0.134. The molecule has 0 fully saturated rings. The van der Waals surface area contributed by atoms with Crippen molar-refractivity contribution in [3.8, 4) is 11.5 Å². The Morgan fingerprint density at radius 3 is 2.31 bits per heavy atom. The van der Waals surface area contributed by atoms with Crippen LogP contribution in [0.2, 0.25) is 0 Å². The molecular formula is C19H31NO5S. The summed E-state index contributed by atoms with van der Waals surface area (Å²) in [6.45, 7) is 9.99. The van der Waals surface area contributed by atoms with Crippen molar-refractivity contribution in [2.24, 2.45) is 5.92 Å². The van der Waals surface area contributed by atoms with Gasteiger partial charge in [-0.25, -0.2) is 0 Å². The summed E-state index contributed by atoms with van der Waals surface area (Å²) in [5.41, 5.74) is 0.796. The predicted molar refractivity (Wildman–Crippen MR) is 103 cm³/mol. The molecule has 6 nitrogen and oxygen atoms in total. The zero-order valence-corrected chi connectivity index (χ0v) is 17.4. The Bertz CT molecular complexity index is 700. The van der Waals surface area contributed by atoms with Gasteiger partial charge in [0.15, 0.2) is 11.5 Å². The third-order valence-electron chi connectivity index (χ3n) is 4.18. The Morgan fingerprint density at radius 2 is 1.81 bits per heavy atom. The molecule has 0 spiro atoms. The zero-order valence-electron chi connectivity index (χ0n) is 16.6. The Kier molecular flexibility index (Phi) is 8.40. The molecule has 0 aliphatic carbocycles. The summed E-state index contributed by atoms with van der Waals surface area (Å²) in [7, 11) is -2.21. The van der Waals surface area contributed by atoms with E-state index in [0.29, 0.717) is 18.7 Å². The van der Waals surface area contributed by atoms with E-state index in [1.807, 2.05) is 38.7 Å². The molecule has 7 heteroatoms. The largest absolute Gasteiger partial charge is 0.493 e. The van der Waals surface area contributed by atoms with Crippen LogP contribution in [0.1, 0.15) is 53.0 Å². The SMILES string of the molecule is CC[C@H](C)N(Cc1ccc(OC)c(OS(=O)(=O)CC)c1)C(=O)CC(C)C. The summed E-state index contributed by atoms with van der Waals surface area (Å²) < 4.78 is 34.0. The van der Waals surface area contributed by atoms with E-state index in [4.69, 9.17) is 8.92 Å². The molecule has 0 N–H and O–H groups in total. The lowest BCUT2D eigenvalue weighted by Gasteiger charge is -2.29. The minimum absolute atomic E-state index is 0.0899. The number of hydrogen-bond donors (Lipinski definition) is 0. The molecular weight excluding hydrogens is 354 g/mol. The Balaban J connectivity index is 3.13. The van der Waals surface area contributed by atoms with Crippen LogP contribution >= 0.6 is 0 Å². The van der Waals surface area contributed by atoms with Crippen LogP contribution in [0.3, 0.4) is 0 Å². The van der Waals surface area contributed by atoms with Gasteiger partial charge in [-0.05, 0) is 43.9 Å². The molecule has 1 aromatic rings. The fourth-order valence-corrected chi connectivity index (χ4v) is 2.98. The smallest absolute Gasteiger partial charge is 0.309 e. The lowest BCUT2D eigenvalue weighted by atomic mass is 10.1. The highest BCUT2D eigenvalue weighted by Gasteiger charge is 2.21. The van der Waals surface area contributed by atoms with E-state index in [1.54, 1.807) is 12.1 Å². The van der Waals surface area contributed by atoms with E-state index >= 15 is 0 Å². The number of ether oxygens (including phenoxy) is 1. The molecule has 0 bridgehead atoms. The zero-order chi connectivity index (χ0) is 19.9. The van der Waals surface area contributed by atoms with Crippen LogP contribution < -0.4 is 8.92 Å². The summed E-state index contributed by atoms with van der Waals surface area (Å²) in [4.78, 5) is 14.4. The highest BCUT2D eigenvalue weighted by molar-refractivity contribution is 7.87. The molecule has 0 aliphatic heterocycles. The molecule has 0 aliphatic rings. The molecule has 26 heavy (non-hydrogen) atoms. The third kappa shape index (κ3) is 6.52. The van der Waals surface area contributed by atoms with Crippen LogP contribution in [-0.4, -0.2) is 38.1 Å². The highest BCUT2D eigenvalue weighted by Crippen LogP contribution is 2.30. The molecule has 1 aromatic carbocycles. The van der Waals surface area contributed by atoms with E-state index < -0.39 is 10.1 Å². The number of nitrogens with zero attached hydrogens (tertiary/aromatic N) is 1. The maximum atomic E-state index is 12.6. The number of carbonyl (C=O) groups excluding carboxylic acids is 1. The summed E-state index contributed by atoms with van der Waals surface area (Å²) in [6, 6.07) is 5.20. The quantitative estimate of drug-likeness (QED) is 0.576. The summed E-state index contributed by atoms with van der Waals surface area (Å²) >= 11 is 0. The lowest BCUT2D eigenvalue weighted by Crippen LogP contribution is -2.38. The fraction of sp³-hybridized carbons (Fsp3) is 0.632. The van der Waals surface area contributed by atoms with Crippen molar-refractivity contribution in [1.29, 1.82) is 0 Å². The van der Waals surface area contributed by atoms with Crippen molar-refractivity contribution >= 4 is 16.0 Å². The average molecular weight is 386 g/mol. The van der Waals surface area contributed by atoms with Gasteiger partial charge in [0.25, 0.3) is 0 Å². The van der Waals surface area contributed by atoms with Crippen LogP contribution in [0.4, 0.5) is 0 Å². The summed E-state index contributed by atoms with van der Waals surface area (Å²) in [5, 5.41) is 0. The number of methoxy groups -OCH3 is 1. The second-order valence-electron chi connectivity index (χ2n) is 6.79. The fourth-order valence-electron chi connectivity index (χ4n) is 2.45. The number of rotatable bonds is 10. The van der Waals surface area contributed by atoms with Crippen molar-refractivity contribution < 1.29 is 22.1 Å². The van der Waals surface area contributed by atoms with Crippen molar-refractivity contribution in [3.05, 3.63) is 23.8 Å². The molecule has 0 aromatic heterocycles. The monoisotopic (exact) mass is 385 g/mol. The van der Waals surface area contributed by atoms with Gasteiger partial charge in [0.2, 0.25) is 5.91 Å². The first kappa shape index (κ1) is 22.3. The molecule has 1 amide bonds. The molecule has 0 heterocycles. The molecule has 1 atom stereocenters. The Labute approximate surface area is 157 Å². The van der Waals surface area contributed by atoms with Gasteiger partial charge < -0.3 is 13.8 Å². The van der Waals surface area contributed by atoms with Crippen molar-refractivity contribution in [2.45, 2.75) is 60.0 Å². The maximum absolute atomic E-state index is 12.6. The number of benzene rings is 1. The van der Waals surface area contributed by atoms with E-state index in [0.717, 1.165) is 12.0 Å². The standard InChI is InChI=1S/C19H31NO5S/c1-7-15(5)20(19(21)11-14(3)4)13-16-9-10-17(24-6)18(12-16)25-26(22,23)8-2/h9-10,12,14-15H,7-8,11,13H2,1-6H3/t15-/m0/s1. The average Bonchev–Trinajstić information content (AvgIpc) is 2.58. The van der Waals surface area contributed by atoms with Gasteiger partial charge in [0.1, 0.15) is 0 Å². The summed E-state index contributed by atoms with van der Waals surface area (Å²) in [6.07, 6.45) is 1.32. The molecule has 0 radical (unpaired) electrons. The van der Waals surface area contributed by atoms with Gasteiger partial charge in [0.05, 0.1) is 12.9 Å². The van der Waals surface area contributed by atoms with Gasteiger partial charge in [-0.15, -0.1) is 0 Å². The first-order valence-corrected chi connectivity index (χ1v) is 10.6. The van der Waals surface area contributed by atoms with Crippen molar-refractivity contribution in [1.82, 2.24) is 4.90 Å². The molecule has 0 saturated heterocycles. The van der Waals surface area contributed by atoms with Crippen LogP contribution in [0.25, 0.3) is 0 Å². The summed E-state index contributed by atoms with van der Waals surface area (Å²) in [5.74, 6) is 0.723. The molecule has 0 saturated carbocycles. The van der Waals surface area contributed by atoms with Gasteiger partial charge in [-0.1, -0.05) is 26.8 Å². The highest BCUT2D eigenvalue weighted by atomic mass is 32.2. The van der Waals surface area contributed by atoms with E-state index in [9.17, 15) is 13.2 Å². The number of amides is 1. The molecule has 0 unspecified atom stereocenters. The Morgan fingerprint density at radius 1 is 1.15 bits per heavy atom. The van der Waals surface area contributed by atoms with Crippen molar-refractivity contribution in [2.75, 3.05) is 12.9 Å². The van der Waals surface area contributed by atoms with E-state index in [-0.39, 0.29) is 29.4 Å². The minimum Gasteiger partial charge on any atom is -0.493 e. The van der Waals surface area contributed by atoms with Crippen LogP contribution in [0.15, 0.2) is 18.2 Å². The second kappa shape index (κ2) is 9.80. The first-order chi connectivity index (χ1) is 12.1. The third-order valence-corrected chi connectivity index (χ3v) is 5.32. The van der Waals surface area contributed by atoms with Gasteiger partial charge >= 0.3 is 10.1 Å². The minimum atomic E-state index is -3.66. The maximum Gasteiger partial charge on any atom is 0.309 e. The second-order valence-corrected chi connectivity index (χ2v) is 8.65. The first-order valence-electron chi connectivity index (χ1n) is 9.02. The predicted octanol–water partition coefficient (Wildman–Crippen LogP) is 3.60. The van der Waals surface area contributed by atoms with E-state index in [2.05, 4.69) is 0 Å². The number of hydrogen-bond acceptors (Lipinski definition) is 5. The molecule has 148 valence electrons. The van der Waals surface area contributed by atoms with Gasteiger partial charge in [0, 0.05) is 19.0 Å². The van der Waals surface area contributed by atoms with Crippen LogP contribution in [0.5, 0.6) is 11.5 Å². The molecule has 1 rings (SSSR count). The normalized spacial score (nSPS) is 12.7. The van der Waals surface area contributed by atoms with Gasteiger partial charge in [-0.3, -0.25) is 4.79 Å². The topological polar surface area (TPSA) is 72.9 Å². The van der Waals surface area contributed by atoms with Crippen molar-refractivity contribution in [3.63, 3.8) is 0 Å². The number of carbonyl (C=O) groups is 1. The van der Waals surface area contributed by atoms with Crippen LogP contribution in [0, 0.1) is 5.92 Å². The van der Waals surface area contributed by atoms with E-state index in [1.165, 1.54) is 14.0 Å².